The molecule has 9 heteroatoms. The Bertz CT molecular complexity index is 1520. The third-order valence-electron chi connectivity index (χ3n) is 6.17. The topological polar surface area (TPSA) is 115 Å². The van der Waals surface area contributed by atoms with E-state index in [1.807, 2.05) is 0 Å². The van der Waals surface area contributed by atoms with Gasteiger partial charge in [-0.05, 0) is 84.9 Å². The lowest BCUT2D eigenvalue weighted by atomic mass is 10.1. The second-order valence-electron chi connectivity index (χ2n) is 8.44. The van der Waals surface area contributed by atoms with Gasteiger partial charge in [-0.2, -0.15) is 0 Å². The minimum Gasteiger partial charge on any atom is -0.508 e. The van der Waals surface area contributed by atoms with Gasteiger partial charge in [0.1, 0.15) is 11.5 Å². The van der Waals surface area contributed by atoms with Gasteiger partial charge in [-0.3, -0.25) is 19.2 Å². The number of hydrogen-bond donors (Lipinski definition) is 2. The van der Waals surface area contributed by atoms with E-state index in [9.17, 15) is 29.4 Å². The van der Waals surface area contributed by atoms with Crippen LogP contribution in [0.25, 0.3) is 0 Å². The number of amides is 4. The molecule has 0 radical (unpaired) electrons. The second-order valence-corrected chi connectivity index (χ2v) is 9.59. The standard InChI is InChI=1S/C28H16N2O6S/c31-17-5-11-21-23(13-17)27(35)29(25(21)33)15-1-7-19(8-2-15)37-20-9-3-16(4-10-20)30-26(34)22-12-6-18(32)14-24(22)28(30)36/h1-14,31-32H. The maximum Gasteiger partial charge on any atom is 0.266 e. The van der Waals surface area contributed by atoms with Gasteiger partial charge in [0.2, 0.25) is 0 Å². The molecule has 0 atom stereocenters. The van der Waals surface area contributed by atoms with Gasteiger partial charge >= 0.3 is 0 Å². The molecule has 2 aliphatic rings. The predicted octanol–water partition coefficient (Wildman–Crippen LogP) is 4.85. The molecule has 2 N–H and O–H groups in total. The molecule has 0 spiro atoms. The SMILES string of the molecule is O=C1c2ccc(O)cc2C(=O)N1c1ccc(Sc2ccc(N3C(=O)c4ccc(O)cc4C3=O)cc2)cc1. The van der Waals surface area contributed by atoms with Gasteiger partial charge in [0.05, 0.1) is 33.6 Å². The van der Waals surface area contributed by atoms with E-state index in [4.69, 9.17) is 0 Å². The summed E-state index contributed by atoms with van der Waals surface area (Å²) in [6, 6.07) is 22.0. The first-order valence-corrected chi connectivity index (χ1v) is 11.9. The van der Waals surface area contributed by atoms with Gasteiger partial charge in [0, 0.05) is 9.79 Å². The number of rotatable bonds is 4. The molecule has 0 saturated heterocycles. The molecule has 0 aromatic heterocycles. The number of imide groups is 2. The lowest BCUT2D eigenvalue weighted by Gasteiger charge is -2.15. The monoisotopic (exact) mass is 508 g/mol. The van der Waals surface area contributed by atoms with Crippen molar-refractivity contribution in [2.75, 3.05) is 9.80 Å². The number of aromatic hydroxyl groups is 2. The molecule has 6 rings (SSSR count). The molecule has 0 saturated carbocycles. The van der Waals surface area contributed by atoms with Gasteiger partial charge in [-0.25, -0.2) is 9.80 Å². The highest BCUT2D eigenvalue weighted by Gasteiger charge is 2.38. The normalized spacial score (nSPS) is 14.4. The molecule has 2 aliphatic heterocycles. The smallest absolute Gasteiger partial charge is 0.266 e. The van der Waals surface area contributed by atoms with Crippen molar-refractivity contribution in [3.05, 3.63) is 107 Å². The first-order valence-electron chi connectivity index (χ1n) is 11.1. The Morgan fingerprint density at radius 3 is 1.19 bits per heavy atom. The minimum absolute atomic E-state index is 0.0817. The van der Waals surface area contributed by atoms with E-state index in [2.05, 4.69) is 0 Å². The summed E-state index contributed by atoms with van der Waals surface area (Å²) in [5, 5.41) is 19.3. The van der Waals surface area contributed by atoms with E-state index >= 15 is 0 Å². The lowest BCUT2D eigenvalue weighted by Crippen LogP contribution is -2.29. The zero-order chi connectivity index (χ0) is 25.8. The van der Waals surface area contributed by atoms with Crippen LogP contribution in [0.5, 0.6) is 11.5 Å². The van der Waals surface area contributed by atoms with Crippen LogP contribution in [-0.4, -0.2) is 33.8 Å². The third kappa shape index (κ3) is 3.64. The molecule has 8 nitrogen and oxygen atoms in total. The Labute approximate surface area is 214 Å². The maximum atomic E-state index is 12.7. The van der Waals surface area contributed by atoms with Crippen LogP contribution < -0.4 is 9.80 Å². The summed E-state index contributed by atoms with van der Waals surface area (Å²) in [4.78, 5) is 54.8. The molecule has 4 aromatic carbocycles. The van der Waals surface area contributed by atoms with Crippen LogP contribution in [0.2, 0.25) is 0 Å². The summed E-state index contributed by atoms with van der Waals surface area (Å²) < 4.78 is 0. The van der Waals surface area contributed by atoms with Crippen LogP contribution in [0, 0.1) is 0 Å². The summed E-state index contributed by atoms with van der Waals surface area (Å²) in [6.45, 7) is 0. The average molecular weight is 509 g/mol. The third-order valence-corrected chi connectivity index (χ3v) is 7.18. The summed E-state index contributed by atoms with van der Waals surface area (Å²) in [5.74, 6) is -2.03. The molecular formula is C28H16N2O6S. The van der Waals surface area contributed by atoms with Crippen LogP contribution >= 0.6 is 11.8 Å². The molecule has 4 aromatic rings. The van der Waals surface area contributed by atoms with Gasteiger partial charge in [0.25, 0.3) is 23.6 Å². The van der Waals surface area contributed by atoms with Crippen molar-refractivity contribution >= 4 is 46.8 Å². The molecule has 2 heterocycles. The number of phenolic OH excluding ortho intramolecular Hbond substituents is 2. The first-order chi connectivity index (χ1) is 17.8. The number of hydrogen-bond acceptors (Lipinski definition) is 7. The van der Waals surface area contributed by atoms with Gasteiger partial charge < -0.3 is 10.2 Å². The molecule has 180 valence electrons. The molecule has 0 fully saturated rings. The Hall–Kier alpha value is -4.89. The van der Waals surface area contributed by atoms with E-state index in [0.717, 1.165) is 19.6 Å². The van der Waals surface area contributed by atoms with E-state index in [1.54, 1.807) is 48.5 Å². The molecular weight excluding hydrogens is 492 g/mol. The minimum atomic E-state index is -0.490. The summed E-state index contributed by atoms with van der Waals surface area (Å²) in [7, 11) is 0. The van der Waals surface area contributed by atoms with E-state index in [1.165, 1.54) is 48.2 Å². The van der Waals surface area contributed by atoms with Crippen molar-refractivity contribution in [3.63, 3.8) is 0 Å². The quantitative estimate of drug-likeness (QED) is 0.379. The molecule has 37 heavy (non-hydrogen) atoms. The average Bonchev–Trinajstić information content (AvgIpc) is 3.28. The van der Waals surface area contributed by atoms with Gasteiger partial charge in [-0.1, -0.05) is 11.8 Å². The van der Waals surface area contributed by atoms with E-state index in [-0.39, 0.29) is 33.8 Å². The highest BCUT2D eigenvalue weighted by molar-refractivity contribution is 7.99. The fourth-order valence-corrected chi connectivity index (χ4v) is 5.21. The molecule has 4 amide bonds. The largest absolute Gasteiger partial charge is 0.508 e. The number of phenols is 2. The van der Waals surface area contributed by atoms with Crippen LogP contribution in [0.4, 0.5) is 11.4 Å². The zero-order valence-electron chi connectivity index (χ0n) is 18.9. The highest BCUT2D eigenvalue weighted by atomic mass is 32.2. The van der Waals surface area contributed by atoms with Crippen LogP contribution in [-0.2, 0) is 0 Å². The van der Waals surface area contributed by atoms with Crippen molar-refractivity contribution in [1.29, 1.82) is 0 Å². The Morgan fingerprint density at radius 1 is 0.459 bits per heavy atom. The number of carbonyl (C=O) groups excluding carboxylic acids is 4. The van der Waals surface area contributed by atoms with Gasteiger partial charge in [-0.15, -0.1) is 0 Å². The number of nitrogens with zero attached hydrogens (tertiary/aromatic N) is 2. The van der Waals surface area contributed by atoms with Gasteiger partial charge in [0.15, 0.2) is 0 Å². The maximum absolute atomic E-state index is 12.7. The van der Waals surface area contributed by atoms with Crippen LogP contribution in [0.3, 0.4) is 0 Å². The Kier molecular flexibility index (Phi) is 5.09. The zero-order valence-corrected chi connectivity index (χ0v) is 19.7. The highest BCUT2D eigenvalue weighted by Crippen LogP contribution is 2.35. The summed E-state index contributed by atoms with van der Waals surface area (Å²) in [6.07, 6.45) is 0. The van der Waals surface area contributed by atoms with Crippen LogP contribution in [0.1, 0.15) is 41.4 Å². The van der Waals surface area contributed by atoms with Crippen molar-refractivity contribution in [1.82, 2.24) is 0 Å². The lowest BCUT2D eigenvalue weighted by molar-refractivity contribution is 0.0910. The Morgan fingerprint density at radius 2 is 0.811 bits per heavy atom. The fourth-order valence-electron chi connectivity index (χ4n) is 4.39. The number of fused-ring (bicyclic) bond motifs is 2. The fraction of sp³-hybridized carbons (Fsp3) is 0. The number of anilines is 2. The molecule has 0 bridgehead atoms. The van der Waals surface area contributed by atoms with Crippen molar-refractivity contribution < 1.29 is 29.4 Å². The second kappa shape index (κ2) is 8.35. The first kappa shape index (κ1) is 22.6. The summed E-state index contributed by atoms with van der Waals surface area (Å²) >= 11 is 1.43. The number of carbonyl (C=O) groups is 4. The summed E-state index contributed by atoms with van der Waals surface area (Å²) in [5.41, 5.74) is 1.66. The van der Waals surface area contributed by atoms with E-state index in [0.29, 0.717) is 11.4 Å². The molecule has 0 aliphatic carbocycles. The molecule has 0 unspecified atom stereocenters. The predicted molar refractivity (Wildman–Crippen MR) is 136 cm³/mol. The number of benzene rings is 4. The van der Waals surface area contributed by atoms with Crippen molar-refractivity contribution in [2.45, 2.75) is 9.79 Å². The van der Waals surface area contributed by atoms with Crippen molar-refractivity contribution in [2.24, 2.45) is 0 Å². The van der Waals surface area contributed by atoms with E-state index < -0.39 is 23.6 Å². The van der Waals surface area contributed by atoms with Crippen molar-refractivity contribution in [3.8, 4) is 11.5 Å². The Balaban J connectivity index is 1.18. The van der Waals surface area contributed by atoms with Crippen LogP contribution in [0.15, 0.2) is 94.7 Å².